The van der Waals surface area contributed by atoms with E-state index in [4.69, 9.17) is 16.3 Å². The second-order valence-electron chi connectivity index (χ2n) is 5.36. The van der Waals surface area contributed by atoms with Crippen molar-refractivity contribution in [1.29, 1.82) is 0 Å². The Balaban J connectivity index is 1.72. The normalized spacial score (nSPS) is 11.2. The first-order valence-corrected chi connectivity index (χ1v) is 8.04. The number of carbonyl (C=O) groups excluding carboxylic acids is 1. The Morgan fingerprint density at radius 2 is 1.88 bits per heavy atom. The number of halogens is 4. The van der Waals surface area contributed by atoms with E-state index in [1.165, 1.54) is 12.1 Å². The van der Waals surface area contributed by atoms with Gasteiger partial charge in [-0.2, -0.15) is 13.2 Å². The summed E-state index contributed by atoms with van der Waals surface area (Å²) in [4.78, 5) is 11.7. The Morgan fingerprint density at radius 1 is 1.12 bits per heavy atom. The third-order valence-electron chi connectivity index (χ3n) is 3.43. The van der Waals surface area contributed by atoms with Gasteiger partial charge in [0.1, 0.15) is 5.75 Å². The zero-order chi connectivity index (χ0) is 18.3. The number of ether oxygens (including phenoxy) is 1. The molecule has 134 valence electrons. The molecule has 0 saturated heterocycles. The third kappa shape index (κ3) is 6.31. The van der Waals surface area contributed by atoms with Crippen LogP contribution in [0.15, 0.2) is 48.5 Å². The average molecular weight is 372 g/mol. The maximum absolute atomic E-state index is 12.6. The van der Waals surface area contributed by atoms with Gasteiger partial charge in [0.2, 0.25) is 0 Å². The summed E-state index contributed by atoms with van der Waals surface area (Å²) in [6.07, 6.45) is -3.03. The van der Waals surface area contributed by atoms with E-state index < -0.39 is 17.6 Å². The maximum Gasteiger partial charge on any atom is 0.416 e. The van der Waals surface area contributed by atoms with Crippen molar-refractivity contribution >= 4 is 17.5 Å². The van der Waals surface area contributed by atoms with Crippen LogP contribution in [0.1, 0.15) is 17.5 Å². The molecule has 0 aliphatic heterocycles. The molecule has 1 N–H and O–H groups in total. The topological polar surface area (TPSA) is 38.3 Å². The summed E-state index contributed by atoms with van der Waals surface area (Å²) in [5, 5.41) is 3.34. The van der Waals surface area contributed by atoms with Crippen LogP contribution in [0.2, 0.25) is 5.02 Å². The van der Waals surface area contributed by atoms with Crippen molar-refractivity contribution in [3.8, 4) is 5.75 Å². The van der Waals surface area contributed by atoms with Crippen molar-refractivity contribution in [2.75, 3.05) is 13.2 Å². The summed E-state index contributed by atoms with van der Waals surface area (Å²) in [6.45, 7) is 0.0867. The van der Waals surface area contributed by atoms with Crippen LogP contribution in [-0.2, 0) is 17.4 Å². The first-order chi connectivity index (χ1) is 11.9. The maximum atomic E-state index is 12.6. The van der Waals surface area contributed by atoms with Crippen LogP contribution in [0.5, 0.6) is 5.75 Å². The highest BCUT2D eigenvalue weighted by molar-refractivity contribution is 6.31. The fourth-order valence-corrected chi connectivity index (χ4v) is 2.40. The largest absolute Gasteiger partial charge is 0.484 e. The molecule has 0 spiro atoms. The predicted molar refractivity (Wildman–Crippen MR) is 89.7 cm³/mol. The molecule has 25 heavy (non-hydrogen) atoms. The minimum Gasteiger partial charge on any atom is -0.484 e. The van der Waals surface area contributed by atoms with E-state index in [1.54, 1.807) is 6.07 Å². The van der Waals surface area contributed by atoms with Gasteiger partial charge in [0.05, 0.1) is 5.56 Å². The molecule has 0 saturated carbocycles. The quantitative estimate of drug-likeness (QED) is 0.728. The number of amides is 1. The van der Waals surface area contributed by atoms with E-state index in [9.17, 15) is 18.0 Å². The lowest BCUT2D eigenvalue weighted by molar-refractivity contribution is -0.137. The average Bonchev–Trinajstić information content (AvgIpc) is 2.58. The fourth-order valence-electron chi connectivity index (χ4n) is 2.17. The highest BCUT2D eigenvalue weighted by Crippen LogP contribution is 2.31. The SMILES string of the molecule is O=C(COc1cccc(C(F)(F)F)c1)NCCCc1ccccc1Cl. The third-order valence-corrected chi connectivity index (χ3v) is 3.80. The van der Waals surface area contributed by atoms with Gasteiger partial charge in [-0.3, -0.25) is 4.79 Å². The van der Waals surface area contributed by atoms with Gasteiger partial charge in [0.15, 0.2) is 6.61 Å². The van der Waals surface area contributed by atoms with Gasteiger partial charge in [-0.05, 0) is 42.7 Å². The number of hydrogen-bond acceptors (Lipinski definition) is 2. The van der Waals surface area contributed by atoms with Crippen LogP contribution in [0, 0.1) is 0 Å². The van der Waals surface area contributed by atoms with Crippen molar-refractivity contribution in [2.24, 2.45) is 0 Å². The Hall–Kier alpha value is -2.21. The van der Waals surface area contributed by atoms with Crippen molar-refractivity contribution in [3.63, 3.8) is 0 Å². The summed E-state index contributed by atoms with van der Waals surface area (Å²) >= 11 is 6.04. The first kappa shape index (κ1) is 19.1. The van der Waals surface area contributed by atoms with Crippen LogP contribution in [0.3, 0.4) is 0 Å². The number of carbonyl (C=O) groups is 1. The molecule has 7 heteroatoms. The Labute approximate surface area is 148 Å². The van der Waals surface area contributed by atoms with E-state index in [0.29, 0.717) is 24.4 Å². The monoisotopic (exact) mass is 371 g/mol. The molecular weight excluding hydrogens is 355 g/mol. The van der Waals surface area contributed by atoms with E-state index in [2.05, 4.69) is 5.32 Å². The summed E-state index contributed by atoms with van der Waals surface area (Å²) in [5.74, 6) is -0.391. The molecule has 0 atom stereocenters. The minimum atomic E-state index is -4.44. The van der Waals surface area contributed by atoms with Gasteiger partial charge >= 0.3 is 6.18 Å². The molecule has 0 fully saturated rings. The van der Waals surface area contributed by atoms with Gasteiger partial charge in [0, 0.05) is 11.6 Å². The van der Waals surface area contributed by atoms with E-state index in [0.717, 1.165) is 17.7 Å². The van der Waals surface area contributed by atoms with Crippen molar-refractivity contribution in [3.05, 3.63) is 64.7 Å². The van der Waals surface area contributed by atoms with E-state index >= 15 is 0 Å². The minimum absolute atomic E-state index is 0.000965. The molecule has 0 unspecified atom stereocenters. The van der Waals surface area contributed by atoms with Crippen molar-refractivity contribution in [1.82, 2.24) is 5.32 Å². The summed E-state index contributed by atoms with van der Waals surface area (Å²) in [7, 11) is 0. The van der Waals surface area contributed by atoms with Gasteiger partial charge in [0.25, 0.3) is 5.91 Å². The first-order valence-electron chi connectivity index (χ1n) is 7.66. The van der Waals surface area contributed by atoms with E-state index in [1.807, 2.05) is 18.2 Å². The summed E-state index contributed by atoms with van der Waals surface area (Å²) in [5.41, 5.74) is 0.184. The molecule has 0 aromatic heterocycles. The molecule has 0 bridgehead atoms. The van der Waals surface area contributed by atoms with Crippen LogP contribution >= 0.6 is 11.6 Å². The molecule has 1 amide bonds. The molecule has 2 aromatic rings. The smallest absolute Gasteiger partial charge is 0.416 e. The lowest BCUT2D eigenvalue weighted by Gasteiger charge is -2.10. The number of nitrogens with one attached hydrogen (secondary N) is 1. The Morgan fingerprint density at radius 3 is 2.60 bits per heavy atom. The molecule has 2 aromatic carbocycles. The zero-order valence-corrected chi connectivity index (χ0v) is 14.0. The highest BCUT2D eigenvalue weighted by Gasteiger charge is 2.30. The zero-order valence-electron chi connectivity index (χ0n) is 13.3. The summed E-state index contributed by atoms with van der Waals surface area (Å²) in [6, 6.07) is 11.9. The van der Waals surface area contributed by atoms with Gasteiger partial charge < -0.3 is 10.1 Å². The fraction of sp³-hybridized carbons (Fsp3) is 0.278. The predicted octanol–water partition coefficient (Wildman–Crippen LogP) is 4.49. The van der Waals surface area contributed by atoms with Gasteiger partial charge in [-0.1, -0.05) is 35.9 Å². The van der Waals surface area contributed by atoms with Crippen LogP contribution in [-0.4, -0.2) is 19.1 Å². The van der Waals surface area contributed by atoms with E-state index in [-0.39, 0.29) is 12.4 Å². The van der Waals surface area contributed by atoms with Gasteiger partial charge in [-0.15, -0.1) is 0 Å². The molecule has 0 heterocycles. The lowest BCUT2D eigenvalue weighted by Crippen LogP contribution is -2.30. The second kappa shape index (κ2) is 8.76. The number of benzene rings is 2. The molecule has 3 nitrogen and oxygen atoms in total. The number of aryl methyl sites for hydroxylation is 1. The van der Waals surface area contributed by atoms with Crippen LogP contribution < -0.4 is 10.1 Å². The molecule has 0 aliphatic rings. The Bertz CT molecular complexity index is 719. The summed E-state index contributed by atoms with van der Waals surface area (Å²) < 4.78 is 42.9. The molecule has 2 rings (SSSR count). The van der Waals surface area contributed by atoms with Gasteiger partial charge in [-0.25, -0.2) is 0 Å². The molecular formula is C18H17ClF3NO2. The Kier molecular flexibility index (Phi) is 6.70. The van der Waals surface area contributed by atoms with Crippen LogP contribution in [0.4, 0.5) is 13.2 Å². The highest BCUT2D eigenvalue weighted by atomic mass is 35.5. The lowest BCUT2D eigenvalue weighted by atomic mass is 10.1. The van der Waals surface area contributed by atoms with Crippen molar-refractivity contribution in [2.45, 2.75) is 19.0 Å². The molecule has 0 radical (unpaired) electrons. The molecule has 0 aliphatic carbocycles. The van der Waals surface area contributed by atoms with Crippen molar-refractivity contribution < 1.29 is 22.7 Å². The number of rotatable bonds is 7. The second-order valence-corrected chi connectivity index (χ2v) is 5.77. The number of hydrogen-bond donors (Lipinski definition) is 1. The number of alkyl halides is 3. The standard InChI is InChI=1S/C18H17ClF3NO2/c19-16-9-2-1-5-13(16)6-4-10-23-17(24)12-25-15-8-3-7-14(11-15)18(20,21)22/h1-3,5,7-9,11H,4,6,10,12H2,(H,23,24). The van der Waals surface area contributed by atoms with Crippen LogP contribution in [0.25, 0.3) is 0 Å².